The second-order valence-electron chi connectivity index (χ2n) is 8.13. The maximum atomic E-state index is 12.3. The van der Waals surface area contributed by atoms with Gasteiger partial charge in [0.2, 0.25) is 5.91 Å². The lowest BCUT2D eigenvalue weighted by Gasteiger charge is -2.31. The molecule has 2 aromatic rings. The van der Waals surface area contributed by atoms with Gasteiger partial charge in [-0.15, -0.1) is 12.4 Å². The molecule has 1 saturated carbocycles. The summed E-state index contributed by atoms with van der Waals surface area (Å²) >= 11 is 0. The number of benzene rings is 1. The third kappa shape index (κ3) is 7.68. The molecule has 4 rings (SSSR count). The van der Waals surface area contributed by atoms with Crippen LogP contribution in [0.4, 0.5) is 5.69 Å². The number of halogens is 1. The monoisotopic (exact) mass is 478 g/mol. The van der Waals surface area contributed by atoms with Gasteiger partial charge in [-0.3, -0.25) is 14.7 Å². The molecule has 1 aliphatic carbocycles. The van der Waals surface area contributed by atoms with Crippen LogP contribution in [0.2, 0.25) is 0 Å². The summed E-state index contributed by atoms with van der Waals surface area (Å²) in [4.78, 5) is 35.3. The van der Waals surface area contributed by atoms with Gasteiger partial charge in [-0.1, -0.05) is 6.07 Å². The molecule has 1 saturated heterocycles. The van der Waals surface area contributed by atoms with Crippen molar-refractivity contribution in [1.29, 1.82) is 0 Å². The number of nitrogen functional groups attached to an aromatic ring is 1. The van der Waals surface area contributed by atoms with Crippen LogP contribution in [0.1, 0.15) is 31.4 Å². The quantitative estimate of drug-likeness (QED) is 0.669. The van der Waals surface area contributed by atoms with E-state index < -0.39 is 0 Å². The number of fused-ring (bicyclic) bond motifs is 1. The predicted octanol–water partition coefficient (Wildman–Crippen LogP) is 2.10. The molecule has 0 spiro atoms. The molecule has 0 unspecified atom stereocenters. The zero-order chi connectivity index (χ0) is 22.9. The average molecular weight is 479 g/mol. The molecule has 0 atom stereocenters. The van der Waals surface area contributed by atoms with E-state index in [2.05, 4.69) is 15.2 Å². The van der Waals surface area contributed by atoms with Crippen LogP contribution < -0.4 is 15.8 Å². The number of nitrogens with one attached hydrogen (secondary N) is 1. The van der Waals surface area contributed by atoms with Crippen molar-refractivity contribution in [3.05, 3.63) is 30.0 Å². The molecule has 10 heteroatoms. The Labute approximate surface area is 199 Å². The molecule has 2 aliphatic rings. The number of nitrogens with two attached hydrogens (primary N) is 1. The van der Waals surface area contributed by atoms with Crippen LogP contribution in [0.5, 0.6) is 5.75 Å². The molecule has 1 aromatic heterocycles. The molecule has 9 nitrogen and oxygen atoms in total. The Morgan fingerprint density at radius 3 is 2.58 bits per heavy atom. The maximum Gasteiger partial charge on any atom is 0.373 e. The molecule has 33 heavy (non-hydrogen) atoms. The molecule has 2 fully saturated rings. The molecule has 2 heterocycles. The zero-order valence-corrected chi connectivity index (χ0v) is 19.6. The fourth-order valence-corrected chi connectivity index (χ4v) is 4.26. The van der Waals surface area contributed by atoms with Crippen molar-refractivity contribution >= 4 is 41.1 Å². The molecule has 1 aromatic carbocycles. The number of aromatic nitrogens is 1. The number of amides is 1. The van der Waals surface area contributed by atoms with E-state index in [1.807, 2.05) is 31.2 Å². The van der Waals surface area contributed by atoms with Crippen molar-refractivity contribution in [2.75, 3.05) is 38.6 Å². The Bertz CT molecular complexity index is 953. The minimum atomic E-state index is 0. The van der Waals surface area contributed by atoms with Crippen molar-refractivity contribution < 1.29 is 23.9 Å². The fourth-order valence-electron chi connectivity index (χ4n) is 4.26. The van der Waals surface area contributed by atoms with Crippen LogP contribution >= 0.6 is 12.4 Å². The van der Waals surface area contributed by atoms with Crippen molar-refractivity contribution in [2.24, 2.45) is 0 Å². The number of carbonyl (C=O) groups is 1. The number of ether oxygens (including phenoxy) is 2. The minimum Gasteiger partial charge on any atom is -0.490 e. The Morgan fingerprint density at radius 2 is 1.91 bits per heavy atom. The van der Waals surface area contributed by atoms with Gasteiger partial charge in [0, 0.05) is 30.5 Å². The number of rotatable bonds is 5. The van der Waals surface area contributed by atoms with Gasteiger partial charge in [-0.2, -0.15) is 9.59 Å². The molecular weight excluding hydrogens is 448 g/mol. The number of hydrogen-bond acceptors (Lipinski definition) is 8. The Balaban J connectivity index is 0.000000914. The second kappa shape index (κ2) is 13.1. The summed E-state index contributed by atoms with van der Waals surface area (Å²) in [6.45, 7) is 5.49. The van der Waals surface area contributed by atoms with Crippen LogP contribution in [0.3, 0.4) is 0 Å². The number of morpholine rings is 1. The standard InChI is InChI=1S/C22H30N4O3.CO2.ClH/c1-15-13-18(23)22-19(24-15)3-2-4-20(22)29-17-7-5-16(6-8-17)25-21(27)14-26-9-11-28-12-10-26;2-1-3;/h2-4,13,16-17H,5-12,14H2,1H3,(H2,23,24)(H,25,27);;1H. The van der Waals surface area contributed by atoms with Gasteiger partial charge < -0.3 is 20.5 Å². The highest BCUT2D eigenvalue weighted by Crippen LogP contribution is 2.33. The predicted molar refractivity (Wildman–Crippen MR) is 125 cm³/mol. The summed E-state index contributed by atoms with van der Waals surface area (Å²) < 4.78 is 11.6. The van der Waals surface area contributed by atoms with E-state index in [0.29, 0.717) is 25.4 Å². The first-order valence-corrected chi connectivity index (χ1v) is 10.9. The molecule has 0 bridgehead atoms. The fraction of sp³-hybridized carbons (Fsp3) is 0.522. The number of anilines is 1. The third-order valence-electron chi connectivity index (χ3n) is 5.76. The summed E-state index contributed by atoms with van der Waals surface area (Å²) in [5.41, 5.74) is 8.71. The minimum absolute atomic E-state index is 0. The first-order valence-electron chi connectivity index (χ1n) is 10.9. The number of aryl methyl sites for hydroxylation is 1. The van der Waals surface area contributed by atoms with E-state index in [4.69, 9.17) is 24.8 Å². The lowest BCUT2D eigenvalue weighted by Crippen LogP contribution is -2.47. The van der Waals surface area contributed by atoms with Crippen molar-refractivity contribution in [1.82, 2.24) is 15.2 Å². The van der Waals surface area contributed by atoms with Crippen LogP contribution in [0.15, 0.2) is 24.3 Å². The third-order valence-corrected chi connectivity index (χ3v) is 5.76. The molecule has 180 valence electrons. The Hall–Kier alpha value is -2.71. The van der Waals surface area contributed by atoms with Gasteiger partial charge in [-0.05, 0) is 50.8 Å². The van der Waals surface area contributed by atoms with E-state index in [-0.39, 0.29) is 36.6 Å². The second-order valence-corrected chi connectivity index (χ2v) is 8.13. The molecule has 0 radical (unpaired) electrons. The van der Waals surface area contributed by atoms with Crippen molar-refractivity contribution in [2.45, 2.75) is 44.8 Å². The van der Waals surface area contributed by atoms with E-state index >= 15 is 0 Å². The molecule has 3 N–H and O–H groups in total. The topological polar surface area (TPSA) is 124 Å². The van der Waals surface area contributed by atoms with Gasteiger partial charge >= 0.3 is 6.15 Å². The average Bonchev–Trinajstić information content (AvgIpc) is 2.76. The smallest absolute Gasteiger partial charge is 0.373 e. The van der Waals surface area contributed by atoms with Crippen molar-refractivity contribution in [3.8, 4) is 5.75 Å². The summed E-state index contributed by atoms with van der Waals surface area (Å²) in [6, 6.07) is 8.00. The van der Waals surface area contributed by atoms with E-state index in [0.717, 1.165) is 61.1 Å². The van der Waals surface area contributed by atoms with Gasteiger partial charge in [0.15, 0.2) is 0 Å². The Kier molecular flexibility index (Phi) is 10.5. The normalized spacial score (nSPS) is 20.5. The van der Waals surface area contributed by atoms with Crippen LogP contribution in [-0.4, -0.2) is 66.9 Å². The van der Waals surface area contributed by atoms with E-state index in [9.17, 15) is 4.79 Å². The number of nitrogens with zero attached hydrogens (tertiary/aromatic N) is 2. The van der Waals surface area contributed by atoms with E-state index in [1.54, 1.807) is 0 Å². The highest BCUT2D eigenvalue weighted by atomic mass is 35.5. The summed E-state index contributed by atoms with van der Waals surface area (Å²) in [5.74, 6) is 0.909. The number of pyridine rings is 1. The van der Waals surface area contributed by atoms with Gasteiger partial charge in [-0.25, -0.2) is 0 Å². The Morgan fingerprint density at radius 1 is 1.24 bits per heavy atom. The number of hydrogen-bond donors (Lipinski definition) is 2. The lowest BCUT2D eigenvalue weighted by atomic mass is 9.93. The first kappa shape index (κ1) is 26.5. The lowest BCUT2D eigenvalue weighted by molar-refractivity contribution is -0.191. The number of carbonyl (C=O) groups excluding carboxylic acids is 3. The largest absolute Gasteiger partial charge is 0.490 e. The van der Waals surface area contributed by atoms with Crippen molar-refractivity contribution in [3.63, 3.8) is 0 Å². The van der Waals surface area contributed by atoms with Gasteiger partial charge in [0.05, 0.1) is 36.8 Å². The summed E-state index contributed by atoms with van der Waals surface area (Å²) in [6.07, 6.45) is 4.07. The zero-order valence-electron chi connectivity index (χ0n) is 18.7. The van der Waals surface area contributed by atoms with Gasteiger partial charge in [0.1, 0.15) is 5.75 Å². The molecule has 1 amide bonds. The molecule has 1 aliphatic heterocycles. The van der Waals surface area contributed by atoms with Crippen LogP contribution in [-0.2, 0) is 19.1 Å². The van der Waals surface area contributed by atoms with E-state index in [1.165, 1.54) is 0 Å². The van der Waals surface area contributed by atoms with Gasteiger partial charge in [0.25, 0.3) is 0 Å². The van der Waals surface area contributed by atoms with Crippen LogP contribution in [0, 0.1) is 6.92 Å². The van der Waals surface area contributed by atoms with Crippen LogP contribution in [0.25, 0.3) is 10.9 Å². The first-order chi connectivity index (χ1) is 15.5. The molecular formula is C23H31ClN4O5. The summed E-state index contributed by atoms with van der Waals surface area (Å²) in [7, 11) is 0. The summed E-state index contributed by atoms with van der Waals surface area (Å²) in [5, 5.41) is 4.08. The highest BCUT2D eigenvalue weighted by Gasteiger charge is 2.25. The SMILES string of the molecule is Cc1cc(N)c2c(OC3CCC(NC(=O)CN4CCOCC4)CC3)cccc2n1.Cl.O=C=O. The maximum absolute atomic E-state index is 12.3. The highest BCUT2D eigenvalue weighted by molar-refractivity contribution is 5.95.